The van der Waals surface area contributed by atoms with Crippen molar-refractivity contribution >= 4 is 50.1 Å². The van der Waals surface area contributed by atoms with Gasteiger partial charge < -0.3 is 9.39 Å². The Hall–Kier alpha value is -3.44. The number of imide groups is 1. The molecule has 1 aromatic heterocycles. The van der Waals surface area contributed by atoms with E-state index in [9.17, 15) is 18.3 Å². The molecular weight excluding hydrogens is 419 g/mol. The number of para-hydroxylation sites is 1. The van der Waals surface area contributed by atoms with Gasteiger partial charge in [0, 0.05) is 30.4 Å². The van der Waals surface area contributed by atoms with Gasteiger partial charge in [-0.25, -0.2) is 18.2 Å². The van der Waals surface area contributed by atoms with Crippen LogP contribution in [0, 0.1) is 6.92 Å². The first-order valence-corrected chi connectivity index (χ1v) is 9.93. The van der Waals surface area contributed by atoms with Crippen LogP contribution in [0.15, 0.2) is 42.5 Å². The molecule has 0 bridgehead atoms. The summed E-state index contributed by atoms with van der Waals surface area (Å²) in [6, 6.07) is 13.3. The van der Waals surface area contributed by atoms with E-state index in [1.807, 2.05) is 36.4 Å². The van der Waals surface area contributed by atoms with E-state index in [2.05, 4.69) is 4.98 Å². The zero-order valence-electron chi connectivity index (χ0n) is 15.5. The van der Waals surface area contributed by atoms with Gasteiger partial charge in [0.25, 0.3) is 22.3 Å². The number of carbonyl (C=O) groups is 3. The monoisotopic (exact) mass is 434 g/mol. The van der Waals surface area contributed by atoms with Crippen molar-refractivity contribution in [3.8, 4) is 0 Å². The minimum atomic E-state index is -5.42. The molecule has 0 radical (unpaired) electrons. The number of nitrogens with zero attached hydrogens (tertiary/aromatic N) is 1. The molecular formula is C19H15FN2O7S. The Morgan fingerprint density at radius 2 is 1.70 bits per heavy atom. The average molecular weight is 434 g/mol. The molecule has 2 amide bonds. The maximum atomic E-state index is 12.7. The highest BCUT2D eigenvalue weighted by Crippen LogP contribution is 2.25. The number of hydrogen-bond donors (Lipinski definition) is 0. The second kappa shape index (κ2) is 8.13. The minimum absolute atomic E-state index is 0.0685. The third kappa shape index (κ3) is 4.75. The van der Waals surface area contributed by atoms with Crippen molar-refractivity contribution in [1.82, 2.24) is 5.06 Å². The summed E-state index contributed by atoms with van der Waals surface area (Å²) >= 11 is 0. The fraction of sp³-hybridized carbons (Fsp3) is 0.158. The quantitative estimate of drug-likeness (QED) is 0.259. The van der Waals surface area contributed by atoms with E-state index in [-0.39, 0.29) is 12.8 Å². The van der Waals surface area contributed by atoms with E-state index in [1.54, 1.807) is 13.0 Å². The summed E-state index contributed by atoms with van der Waals surface area (Å²) in [4.78, 5) is 44.5. The Kier molecular flexibility index (Phi) is 5.76. The summed E-state index contributed by atoms with van der Waals surface area (Å²) in [5.74, 6) is -1.70. The number of halogens is 1. The lowest BCUT2D eigenvalue weighted by molar-refractivity contribution is -0.310. The van der Waals surface area contributed by atoms with Crippen LogP contribution in [0.2, 0.25) is 0 Å². The molecule has 1 aliphatic rings. The second-order valence-corrected chi connectivity index (χ2v) is 7.22. The van der Waals surface area contributed by atoms with E-state index in [1.165, 1.54) is 0 Å². The largest absolute Gasteiger partial charge is 0.722 e. The highest BCUT2D eigenvalue weighted by molar-refractivity contribution is 7.80. The van der Waals surface area contributed by atoms with Gasteiger partial charge >= 0.3 is 5.97 Å². The Bertz CT molecular complexity index is 1270. The molecule has 9 nitrogen and oxygen atoms in total. The Morgan fingerprint density at radius 3 is 2.33 bits per heavy atom. The number of pyridine rings is 1. The van der Waals surface area contributed by atoms with Crippen LogP contribution in [-0.2, 0) is 24.9 Å². The fourth-order valence-corrected chi connectivity index (χ4v) is 3.08. The number of rotatable bonds is 2. The predicted octanol–water partition coefficient (Wildman–Crippen LogP) is 1.75. The minimum Gasteiger partial charge on any atom is -0.722 e. The molecule has 2 heterocycles. The molecule has 1 fully saturated rings. The Balaban J connectivity index is 0.000000461. The molecule has 3 aromatic rings. The molecule has 1 aliphatic heterocycles. The Morgan fingerprint density at radius 1 is 1.10 bits per heavy atom. The summed E-state index contributed by atoms with van der Waals surface area (Å²) in [6.45, 7) is 1.79. The van der Waals surface area contributed by atoms with Crippen molar-refractivity contribution in [2.24, 2.45) is 0 Å². The highest BCUT2D eigenvalue weighted by Gasteiger charge is 2.34. The second-order valence-electron chi connectivity index (χ2n) is 6.43. The maximum absolute atomic E-state index is 12.7. The molecule has 0 saturated carbocycles. The number of H-pyrrole nitrogens is 1. The van der Waals surface area contributed by atoms with Gasteiger partial charge in [-0.15, -0.1) is 8.95 Å². The van der Waals surface area contributed by atoms with Crippen LogP contribution in [-0.4, -0.2) is 35.8 Å². The molecule has 30 heavy (non-hydrogen) atoms. The molecule has 1 saturated heterocycles. The van der Waals surface area contributed by atoms with Crippen LogP contribution in [0.1, 0.15) is 28.8 Å². The van der Waals surface area contributed by atoms with Gasteiger partial charge in [-0.2, -0.15) is 0 Å². The van der Waals surface area contributed by atoms with Crippen molar-refractivity contribution in [1.29, 1.82) is 0 Å². The zero-order chi connectivity index (χ0) is 22.1. The smallest absolute Gasteiger partial charge is 0.365 e. The number of aromatic nitrogens is 1. The van der Waals surface area contributed by atoms with Crippen LogP contribution in [0.5, 0.6) is 0 Å². The number of carbonyl (C=O) groups excluding carboxylic acids is 3. The molecule has 0 spiro atoms. The van der Waals surface area contributed by atoms with Crippen LogP contribution >= 0.6 is 0 Å². The lowest BCUT2D eigenvalue weighted by atomic mass is 10.0. The third-order valence-corrected chi connectivity index (χ3v) is 4.37. The first-order chi connectivity index (χ1) is 14.0. The zero-order valence-corrected chi connectivity index (χ0v) is 16.4. The van der Waals surface area contributed by atoms with Gasteiger partial charge in [0.2, 0.25) is 11.0 Å². The van der Waals surface area contributed by atoms with Gasteiger partial charge in [-0.05, 0) is 24.6 Å². The predicted molar refractivity (Wildman–Crippen MR) is 100 cm³/mol. The SMILES string of the molecule is Cc1ccc2[nH+]c3ccccc3cc2c1C(=O)ON1C(=O)CCC1=O.O=S(=O)([O-])F. The van der Waals surface area contributed by atoms with Crippen LogP contribution in [0.4, 0.5) is 3.89 Å². The van der Waals surface area contributed by atoms with Gasteiger partial charge in [0.1, 0.15) is 0 Å². The average Bonchev–Trinajstić information content (AvgIpc) is 2.97. The summed E-state index contributed by atoms with van der Waals surface area (Å²) in [5.41, 5.74) is 2.77. The lowest BCUT2D eigenvalue weighted by Crippen LogP contribution is -2.32. The van der Waals surface area contributed by atoms with E-state index in [0.29, 0.717) is 21.6 Å². The molecule has 156 valence electrons. The normalized spacial score (nSPS) is 14.0. The van der Waals surface area contributed by atoms with E-state index in [0.717, 1.165) is 16.4 Å². The molecule has 0 atom stereocenters. The fourth-order valence-electron chi connectivity index (χ4n) is 3.08. The van der Waals surface area contributed by atoms with Crippen molar-refractivity contribution in [2.75, 3.05) is 0 Å². The van der Waals surface area contributed by atoms with E-state index < -0.39 is 28.3 Å². The summed E-state index contributed by atoms with van der Waals surface area (Å²) in [7, 11) is -5.42. The molecule has 2 aromatic carbocycles. The number of benzene rings is 2. The summed E-state index contributed by atoms with van der Waals surface area (Å²) < 4.78 is 35.3. The van der Waals surface area contributed by atoms with Gasteiger partial charge in [0.15, 0.2) is 0 Å². The van der Waals surface area contributed by atoms with Crippen LogP contribution in [0.3, 0.4) is 0 Å². The number of aryl methyl sites for hydroxylation is 1. The first kappa shape index (κ1) is 21.3. The lowest BCUT2D eigenvalue weighted by Gasteiger charge is -2.14. The van der Waals surface area contributed by atoms with E-state index >= 15 is 0 Å². The maximum Gasteiger partial charge on any atom is 0.365 e. The summed E-state index contributed by atoms with van der Waals surface area (Å²) in [6.07, 6.45) is 0.137. The number of fused-ring (bicyclic) bond motifs is 2. The standard InChI is InChI=1S/C19H14N2O4.FHO3S/c1-11-6-7-15-13(10-12-4-2-3-5-14(12)20-15)18(11)19(24)25-21-16(22)8-9-17(21)23;1-5(2,3)4/h2-7,10H,8-9H2,1H3;(H,2,3,4). The number of amides is 2. The van der Waals surface area contributed by atoms with Crippen LogP contribution in [0.25, 0.3) is 21.8 Å². The van der Waals surface area contributed by atoms with E-state index in [4.69, 9.17) is 17.8 Å². The highest BCUT2D eigenvalue weighted by atomic mass is 32.3. The molecule has 1 N–H and O–H groups in total. The molecule has 0 unspecified atom stereocenters. The molecule has 11 heteroatoms. The topological polar surface area (TPSA) is 135 Å². The number of aromatic amines is 1. The number of nitrogens with one attached hydrogen (secondary N) is 1. The number of hydrogen-bond acceptors (Lipinski definition) is 7. The van der Waals surface area contributed by atoms with Gasteiger partial charge in [-0.1, -0.05) is 18.2 Å². The van der Waals surface area contributed by atoms with Gasteiger partial charge in [0.05, 0.1) is 10.9 Å². The van der Waals surface area contributed by atoms with Gasteiger partial charge in [-0.3, -0.25) is 9.59 Å². The first-order valence-electron chi connectivity index (χ1n) is 8.62. The number of hydroxylamine groups is 2. The Labute approximate surface area is 170 Å². The summed E-state index contributed by atoms with van der Waals surface area (Å²) in [5, 5.41) is 2.21. The molecule has 4 rings (SSSR count). The van der Waals surface area contributed by atoms with Crippen molar-refractivity contribution in [3.63, 3.8) is 0 Å². The van der Waals surface area contributed by atoms with Crippen molar-refractivity contribution in [3.05, 3.63) is 53.6 Å². The van der Waals surface area contributed by atoms with Crippen molar-refractivity contribution < 1.29 is 41.1 Å². The van der Waals surface area contributed by atoms with Crippen LogP contribution < -0.4 is 4.98 Å². The third-order valence-electron chi connectivity index (χ3n) is 4.37. The van der Waals surface area contributed by atoms with Crippen molar-refractivity contribution in [2.45, 2.75) is 19.8 Å². The molecule has 0 aliphatic carbocycles.